The number of nitrogens with one attached hydrogen (secondary N) is 2. The van der Waals surface area contributed by atoms with E-state index in [1.165, 1.54) is 11.3 Å². The van der Waals surface area contributed by atoms with Crippen molar-refractivity contribution in [2.75, 3.05) is 29.9 Å². The summed E-state index contributed by atoms with van der Waals surface area (Å²) in [6.45, 7) is 1.53. The summed E-state index contributed by atoms with van der Waals surface area (Å²) in [5.41, 5.74) is 0.559. The zero-order valence-electron chi connectivity index (χ0n) is 15.1. The molecule has 6 nitrogen and oxygen atoms in total. The van der Waals surface area contributed by atoms with Gasteiger partial charge in [-0.25, -0.2) is 4.98 Å². The number of hydrogen-bond donors (Lipinski definition) is 2. The van der Waals surface area contributed by atoms with Crippen molar-refractivity contribution in [2.45, 2.75) is 5.54 Å². The van der Waals surface area contributed by atoms with Crippen LogP contribution in [0.1, 0.15) is 0 Å². The fourth-order valence-electron chi connectivity index (χ4n) is 3.33. The molecule has 0 bridgehead atoms. The average Bonchev–Trinajstić information content (AvgIpc) is 3.23. The Morgan fingerprint density at radius 1 is 1.18 bits per heavy atom. The molecular weight excluding hydrogens is 370 g/mol. The number of amides is 1. The first-order valence-corrected chi connectivity index (χ1v) is 9.82. The highest BCUT2D eigenvalue weighted by Gasteiger charge is 2.47. The third kappa shape index (κ3) is 3.36. The van der Waals surface area contributed by atoms with E-state index >= 15 is 0 Å². The fourth-order valence-corrected chi connectivity index (χ4v) is 4.14. The number of para-hydroxylation sites is 1. The second kappa shape index (κ2) is 7.80. The summed E-state index contributed by atoms with van der Waals surface area (Å²) in [5, 5.41) is 16.5. The number of anilines is 2. The van der Waals surface area contributed by atoms with Gasteiger partial charge in [-0.3, -0.25) is 10.1 Å². The minimum Gasteiger partial charge on any atom is -0.343 e. The molecule has 0 spiro atoms. The van der Waals surface area contributed by atoms with E-state index in [1.54, 1.807) is 6.20 Å². The molecular formula is C21H19N5OS. The third-order valence-electron chi connectivity index (χ3n) is 4.77. The van der Waals surface area contributed by atoms with Gasteiger partial charge in [0.1, 0.15) is 6.07 Å². The van der Waals surface area contributed by atoms with Gasteiger partial charge in [0.15, 0.2) is 5.13 Å². The van der Waals surface area contributed by atoms with Crippen molar-refractivity contribution in [3.8, 4) is 16.5 Å². The Hall–Kier alpha value is -3.21. The van der Waals surface area contributed by atoms with Crippen LogP contribution in [0.3, 0.4) is 0 Å². The SMILES string of the molecule is N#CC1(C(=O)Nc2ncc(-c3ccccc3)s2)CNCCN1c1ccccc1. The van der Waals surface area contributed by atoms with Crippen LogP contribution < -0.4 is 15.5 Å². The van der Waals surface area contributed by atoms with Crippen LogP contribution in [-0.2, 0) is 4.79 Å². The maximum Gasteiger partial charge on any atom is 0.268 e. The molecule has 2 N–H and O–H groups in total. The second-order valence-corrected chi connectivity index (χ2v) is 7.52. The number of thiazole rings is 1. The molecule has 1 aliphatic rings. The molecule has 140 valence electrons. The molecule has 1 aliphatic heterocycles. The van der Waals surface area contributed by atoms with E-state index in [0.29, 0.717) is 18.2 Å². The number of piperazine rings is 1. The lowest BCUT2D eigenvalue weighted by atomic mass is 9.94. The summed E-state index contributed by atoms with van der Waals surface area (Å²) < 4.78 is 0. The van der Waals surface area contributed by atoms with E-state index in [9.17, 15) is 10.1 Å². The maximum atomic E-state index is 13.2. The van der Waals surface area contributed by atoms with Crippen LogP contribution >= 0.6 is 11.3 Å². The van der Waals surface area contributed by atoms with Crippen LogP contribution in [0.25, 0.3) is 10.4 Å². The van der Waals surface area contributed by atoms with Crippen molar-refractivity contribution in [2.24, 2.45) is 0 Å². The standard InChI is InChI=1S/C21H19N5OS/c22-14-21(15-23-11-12-26(21)17-9-5-2-6-10-17)19(27)25-20-24-13-18(28-20)16-7-3-1-4-8-16/h1-10,13,23H,11-12,15H2,(H,24,25,27). The summed E-state index contributed by atoms with van der Waals surface area (Å²) in [7, 11) is 0. The van der Waals surface area contributed by atoms with Gasteiger partial charge in [-0.05, 0) is 17.7 Å². The Bertz CT molecular complexity index is 998. The maximum absolute atomic E-state index is 13.2. The predicted octanol–water partition coefficient (Wildman–Crippen LogP) is 3.12. The van der Waals surface area contributed by atoms with E-state index in [1.807, 2.05) is 65.6 Å². The molecule has 4 rings (SSSR count). The van der Waals surface area contributed by atoms with E-state index in [-0.39, 0.29) is 12.5 Å². The zero-order valence-corrected chi connectivity index (χ0v) is 15.9. The van der Waals surface area contributed by atoms with Gasteiger partial charge < -0.3 is 10.2 Å². The molecule has 1 aromatic heterocycles. The smallest absolute Gasteiger partial charge is 0.268 e. The Morgan fingerprint density at radius 3 is 2.61 bits per heavy atom. The fraction of sp³-hybridized carbons (Fsp3) is 0.190. The van der Waals surface area contributed by atoms with Crippen molar-refractivity contribution >= 4 is 28.1 Å². The van der Waals surface area contributed by atoms with Crippen molar-refractivity contribution in [1.82, 2.24) is 10.3 Å². The number of benzene rings is 2. The highest BCUT2D eigenvalue weighted by Crippen LogP contribution is 2.31. The second-order valence-electron chi connectivity index (χ2n) is 6.49. The van der Waals surface area contributed by atoms with Gasteiger partial charge in [-0.15, -0.1) is 0 Å². The number of carbonyl (C=O) groups is 1. The largest absolute Gasteiger partial charge is 0.343 e. The van der Waals surface area contributed by atoms with Gasteiger partial charge in [0.2, 0.25) is 5.54 Å². The summed E-state index contributed by atoms with van der Waals surface area (Å²) in [5.74, 6) is -0.375. The lowest BCUT2D eigenvalue weighted by Crippen LogP contribution is -2.66. The van der Waals surface area contributed by atoms with Gasteiger partial charge in [0.05, 0.1) is 4.88 Å². The normalized spacial score (nSPS) is 19.0. The number of rotatable bonds is 4. The molecule has 1 amide bonds. The molecule has 2 aromatic carbocycles. The molecule has 28 heavy (non-hydrogen) atoms. The van der Waals surface area contributed by atoms with Gasteiger partial charge in [-0.1, -0.05) is 59.9 Å². The lowest BCUT2D eigenvalue weighted by molar-refractivity contribution is -0.119. The minimum atomic E-state index is -1.34. The number of nitriles is 1. The van der Waals surface area contributed by atoms with Crippen molar-refractivity contribution in [3.63, 3.8) is 0 Å². The summed E-state index contributed by atoms with van der Waals surface area (Å²) >= 11 is 1.39. The average molecular weight is 389 g/mol. The van der Waals surface area contributed by atoms with Crippen LogP contribution in [0.5, 0.6) is 0 Å². The van der Waals surface area contributed by atoms with Crippen LogP contribution in [0, 0.1) is 11.3 Å². The first kappa shape index (κ1) is 18.2. The molecule has 1 saturated heterocycles. The Labute approximate surface area is 167 Å². The molecule has 0 radical (unpaired) electrons. The van der Waals surface area contributed by atoms with Crippen LogP contribution in [0.4, 0.5) is 10.8 Å². The van der Waals surface area contributed by atoms with E-state index in [4.69, 9.17) is 0 Å². The monoisotopic (exact) mass is 389 g/mol. The van der Waals surface area contributed by atoms with Gasteiger partial charge in [0.25, 0.3) is 5.91 Å². The molecule has 1 unspecified atom stereocenters. The Kier molecular flexibility index (Phi) is 5.06. The molecule has 1 atom stereocenters. The Morgan fingerprint density at radius 2 is 1.89 bits per heavy atom. The number of carbonyl (C=O) groups excluding carboxylic acids is 1. The first-order valence-electron chi connectivity index (χ1n) is 9.00. The van der Waals surface area contributed by atoms with Gasteiger partial charge in [-0.2, -0.15) is 5.26 Å². The Balaban J connectivity index is 1.60. The quantitative estimate of drug-likeness (QED) is 0.717. The van der Waals surface area contributed by atoms with E-state index in [0.717, 1.165) is 16.1 Å². The molecule has 3 aromatic rings. The number of aromatic nitrogens is 1. The van der Waals surface area contributed by atoms with Crippen molar-refractivity contribution in [3.05, 3.63) is 66.9 Å². The number of nitrogens with zero attached hydrogens (tertiary/aromatic N) is 3. The van der Waals surface area contributed by atoms with Crippen molar-refractivity contribution in [1.29, 1.82) is 5.26 Å². The summed E-state index contributed by atoms with van der Waals surface area (Å²) in [4.78, 5) is 20.4. The molecule has 0 aliphatic carbocycles. The minimum absolute atomic E-state index is 0.251. The third-order valence-corrected chi connectivity index (χ3v) is 5.73. The summed E-state index contributed by atoms with van der Waals surface area (Å²) in [6.07, 6.45) is 1.74. The predicted molar refractivity (Wildman–Crippen MR) is 111 cm³/mol. The van der Waals surface area contributed by atoms with Crippen LogP contribution in [0.15, 0.2) is 66.9 Å². The molecule has 1 fully saturated rings. The highest BCUT2D eigenvalue weighted by molar-refractivity contribution is 7.19. The molecule has 0 saturated carbocycles. The number of hydrogen-bond acceptors (Lipinski definition) is 6. The highest BCUT2D eigenvalue weighted by atomic mass is 32.1. The van der Waals surface area contributed by atoms with Crippen molar-refractivity contribution < 1.29 is 4.79 Å². The van der Waals surface area contributed by atoms with E-state index in [2.05, 4.69) is 21.7 Å². The van der Waals surface area contributed by atoms with Crippen LogP contribution in [0.2, 0.25) is 0 Å². The summed E-state index contributed by atoms with van der Waals surface area (Å²) in [6, 6.07) is 21.7. The first-order chi connectivity index (χ1) is 13.7. The van der Waals surface area contributed by atoms with Gasteiger partial charge in [0, 0.05) is 31.5 Å². The molecule has 7 heteroatoms. The molecule has 2 heterocycles. The zero-order chi connectivity index (χ0) is 19.4. The van der Waals surface area contributed by atoms with Crippen LogP contribution in [-0.4, -0.2) is 36.1 Å². The lowest BCUT2D eigenvalue weighted by Gasteiger charge is -2.42. The van der Waals surface area contributed by atoms with E-state index < -0.39 is 5.54 Å². The van der Waals surface area contributed by atoms with Gasteiger partial charge >= 0.3 is 0 Å². The topological polar surface area (TPSA) is 81.0 Å².